The van der Waals surface area contributed by atoms with Gasteiger partial charge in [-0.2, -0.15) is 0 Å². The molecule has 3 rings (SSSR count). The fourth-order valence-corrected chi connectivity index (χ4v) is 3.53. The van der Waals surface area contributed by atoms with Gasteiger partial charge in [-0.3, -0.25) is 0 Å². The first kappa shape index (κ1) is 21.5. The second-order valence-electron chi connectivity index (χ2n) is 8.68. The summed E-state index contributed by atoms with van der Waals surface area (Å²) < 4.78 is 5.33. The number of allylic oxidation sites excluding steroid dienone is 3. The quantitative estimate of drug-likeness (QED) is 0.728. The molecule has 1 aromatic carbocycles. The Morgan fingerprint density at radius 1 is 1.13 bits per heavy atom. The lowest BCUT2D eigenvalue weighted by Crippen LogP contribution is -2.45. The molecule has 2 aliphatic rings. The van der Waals surface area contributed by atoms with Crippen LogP contribution in [0.3, 0.4) is 0 Å². The van der Waals surface area contributed by atoms with Crippen molar-refractivity contribution in [2.75, 3.05) is 13.1 Å². The van der Waals surface area contributed by atoms with E-state index in [1.165, 1.54) is 0 Å². The zero-order valence-electron chi connectivity index (χ0n) is 17.9. The van der Waals surface area contributed by atoms with Crippen LogP contribution in [0, 0.1) is 6.92 Å². The summed E-state index contributed by atoms with van der Waals surface area (Å²) in [6.07, 6.45) is 5.21. The van der Waals surface area contributed by atoms with Crippen LogP contribution in [0.15, 0.2) is 47.5 Å². The number of carbonyl (C=O) groups is 2. The lowest BCUT2D eigenvalue weighted by atomic mass is 9.98. The molecule has 0 aromatic heterocycles. The lowest BCUT2D eigenvalue weighted by Gasteiger charge is -2.34. The van der Waals surface area contributed by atoms with Gasteiger partial charge in [-0.15, -0.1) is 0 Å². The zero-order chi connectivity index (χ0) is 21.9. The molecule has 30 heavy (non-hydrogen) atoms. The normalized spacial score (nSPS) is 16.7. The predicted molar refractivity (Wildman–Crippen MR) is 115 cm³/mol. The molecule has 1 aliphatic heterocycles. The molecule has 1 saturated heterocycles. The smallest absolute Gasteiger partial charge is 0.407 e. The van der Waals surface area contributed by atoms with Crippen LogP contribution in [0.5, 0.6) is 0 Å². The van der Waals surface area contributed by atoms with E-state index in [2.05, 4.69) is 21.7 Å². The van der Waals surface area contributed by atoms with Gasteiger partial charge in [-0.25, -0.2) is 9.59 Å². The number of nitrogens with zero attached hydrogens (tertiary/aromatic N) is 1. The summed E-state index contributed by atoms with van der Waals surface area (Å²) in [5.74, 6) is -0.941. The minimum absolute atomic E-state index is 0.0982. The van der Waals surface area contributed by atoms with Crippen molar-refractivity contribution < 1.29 is 19.4 Å². The van der Waals surface area contributed by atoms with E-state index in [9.17, 15) is 14.7 Å². The van der Waals surface area contributed by atoms with Crippen molar-refractivity contribution in [1.82, 2.24) is 10.2 Å². The molecule has 2 N–H and O–H groups in total. The molecule has 0 bridgehead atoms. The summed E-state index contributed by atoms with van der Waals surface area (Å²) in [4.78, 5) is 25.5. The van der Waals surface area contributed by atoms with Gasteiger partial charge in [0.15, 0.2) is 0 Å². The van der Waals surface area contributed by atoms with E-state index in [-0.39, 0.29) is 17.7 Å². The fourth-order valence-electron chi connectivity index (χ4n) is 3.53. The lowest BCUT2D eigenvalue weighted by molar-refractivity contribution is 0.0484. The number of nitrogens with one attached hydrogen (secondary N) is 1. The Labute approximate surface area is 177 Å². The van der Waals surface area contributed by atoms with E-state index >= 15 is 0 Å². The Balaban J connectivity index is 1.66. The molecule has 0 unspecified atom stereocenters. The average molecular weight is 408 g/mol. The van der Waals surface area contributed by atoms with Gasteiger partial charge >= 0.3 is 12.1 Å². The zero-order valence-corrected chi connectivity index (χ0v) is 17.9. The molecule has 0 radical (unpaired) electrons. The van der Waals surface area contributed by atoms with Crippen LogP contribution in [-0.2, 0) is 4.74 Å². The second kappa shape index (κ2) is 8.66. The summed E-state index contributed by atoms with van der Waals surface area (Å²) >= 11 is 0. The Bertz CT molecular complexity index is 979. The van der Waals surface area contributed by atoms with Crippen molar-refractivity contribution in [3.05, 3.63) is 64.2 Å². The van der Waals surface area contributed by atoms with E-state index in [0.29, 0.717) is 0 Å². The van der Waals surface area contributed by atoms with Gasteiger partial charge < -0.3 is 20.1 Å². The van der Waals surface area contributed by atoms with Gasteiger partial charge in [0.1, 0.15) is 5.60 Å². The van der Waals surface area contributed by atoms with Crippen molar-refractivity contribution >= 4 is 17.6 Å². The number of carboxylic acids is 1. The molecule has 6 nitrogen and oxygen atoms in total. The van der Waals surface area contributed by atoms with E-state index < -0.39 is 11.6 Å². The van der Waals surface area contributed by atoms with Gasteiger partial charge in [0.05, 0.1) is 11.3 Å². The van der Waals surface area contributed by atoms with Crippen LogP contribution >= 0.6 is 0 Å². The van der Waals surface area contributed by atoms with Gasteiger partial charge in [0, 0.05) is 24.7 Å². The maximum Gasteiger partial charge on any atom is 0.407 e. The number of likely N-dealkylation sites (tertiary alicyclic amines) is 1. The number of aryl methyl sites for hydroxylation is 1. The minimum Gasteiger partial charge on any atom is -0.478 e. The molecule has 0 spiro atoms. The molecule has 158 valence electrons. The standard InChI is InChI=1S/C24H28N2O4/c1-16-13-18(15-19(14-16)22(27)28)17-5-7-21(8-6-17)26-11-9-20(10-12-26)25-23(29)30-24(2,3)4/h5,7,13-15,20H,9-12H2,1-4H3,(H,25,29)(H,27,28). The number of amides is 1. The summed E-state index contributed by atoms with van der Waals surface area (Å²) in [6.45, 7) is 9.04. The van der Waals surface area contributed by atoms with Crippen LogP contribution in [0.25, 0.3) is 5.57 Å². The van der Waals surface area contributed by atoms with Crippen LogP contribution in [0.1, 0.15) is 55.1 Å². The topological polar surface area (TPSA) is 78.9 Å². The van der Waals surface area contributed by atoms with Gasteiger partial charge in [0.25, 0.3) is 0 Å². The molecular weight excluding hydrogens is 380 g/mol. The van der Waals surface area contributed by atoms with Crippen LogP contribution in [0.4, 0.5) is 4.79 Å². The van der Waals surface area contributed by atoms with Crippen LogP contribution < -0.4 is 5.32 Å². The van der Waals surface area contributed by atoms with Gasteiger partial charge in [0.2, 0.25) is 0 Å². The third-order valence-electron chi connectivity index (χ3n) is 4.92. The summed E-state index contributed by atoms with van der Waals surface area (Å²) in [5.41, 5.74) is 9.59. The van der Waals surface area contributed by atoms with Crippen molar-refractivity contribution in [3.63, 3.8) is 0 Å². The van der Waals surface area contributed by atoms with E-state index in [4.69, 9.17) is 4.74 Å². The summed E-state index contributed by atoms with van der Waals surface area (Å²) in [6, 6.07) is 5.35. The summed E-state index contributed by atoms with van der Waals surface area (Å²) in [7, 11) is 0. The first-order valence-corrected chi connectivity index (χ1v) is 10.1. The summed E-state index contributed by atoms with van der Waals surface area (Å²) in [5, 5.41) is 12.2. The van der Waals surface area contributed by atoms with Crippen molar-refractivity contribution in [2.24, 2.45) is 0 Å². The highest BCUT2D eigenvalue weighted by Gasteiger charge is 2.24. The predicted octanol–water partition coefficient (Wildman–Crippen LogP) is 4.27. The number of aromatic carboxylic acids is 1. The van der Waals surface area contributed by atoms with Crippen molar-refractivity contribution in [1.29, 1.82) is 0 Å². The number of carbonyl (C=O) groups excluding carboxylic acids is 1. The number of carboxylic acid groups (broad SMARTS) is 1. The number of hydrogen-bond acceptors (Lipinski definition) is 4. The fraction of sp³-hybridized carbons (Fsp3) is 0.417. The Morgan fingerprint density at radius 3 is 2.40 bits per heavy atom. The highest BCUT2D eigenvalue weighted by Crippen LogP contribution is 2.23. The third-order valence-corrected chi connectivity index (χ3v) is 4.92. The number of ether oxygens (including phenoxy) is 1. The molecule has 1 fully saturated rings. The van der Waals surface area contributed by atoms with Crippen LogP contribution in [-0.4, -0.2) is 46.8 Å². The average Bonchev–Trinajstić information content (AvgIpc) is 2.67. The maximum absolute atomic E-state index is 11.9. The first-order chi connectivity index (χ1) is 14.1. The molecular formula is C24H28N2O4. The molecule has 0 atom stereocenters. The number of piperidine rings is 1. The first-order valence-electron chi connectivity index (χ1n) is 10.1. The minimum atomic E-state index is -0.941. The van der Waals surface area contributed by atoms with Crippen molar-refractivity contribution in [2.45, 2.75) is 52.2 Å². The molecule has 6 heteroatoms. The van der Waals surface area contributed by atoms with E-state index in [1.807, 2.05) is 45.9 Å². The number of benzene rings is 1. The Morgan fingerprint density at radius 2 is 1.83 bits per heavy atom. The molecule has 1 aromatic rings. The van der Waals surface area contributed by atoms with E-state index in [0.717, 1.165) is 48.3 Å². The molecule has 0 saturated carbocycles. The SMILES string of the molecule is Cc1cc(C(=O)O)cc(C2=C=C=C(N3CCC(NC(=O)OC(C)(C)C)CC3)C=C2)c1. The molecule has 1 amide bonds. The Hall–Kier alpha value is -3.20. The third kappa shape index (κ3) is 5.66. The number of rotatable bonds is 4. The van der Waals surface area contributed by atoms with Crippen LogP contribution in [0.2, 0.25) is 0 Å². The maximum atomic E-state index is 11.9. The number of hydrogen-bond donors (Lipinski definition) is 2. The highest BCUT2D eigenvalue weighted by atomic mass is 16.6. The van der Waals surface area contributed by atoms with Gasteiger partial charge in [-0.05, 0) is 81.7 Å². The second-order valence-corrected chi connectivity index (χ2v) is 8.68. The number of alkyl carbamates (subject to hydrolysis) is 1. The van der Waals surface area contributed by atoms with E-state index in [1.54, 1.807) is 12.1 Å². The molecule has 1 aliphatic carbocycles. The largest absolute Gasteiger partial charge is 0.478 e. The van der Waals surface area contributed by atoms with Gasteiger partial charge in [-0.1, -0.05) is 11.8 Å². The molecule has 1 heterocycles. The monoisotopic (exact) mass is 408 g/mol. The van der Waals surface area contributed by atoms with Crippen molar-refractivity contribution in [3.8, 4) is 0 Å². The Kier molecular flexibility index (Phi) is 6.21. The highest BCUT2D eigenvalue weighted by molar-refractivity contribution is 5.90.